The molecular weight excluding hydrogens is 191 g/mol. The van der Waals surface area contributed by atoms with Gasteiger partial charge >= 0.3 is 0 Å². The maximum Gasteiger partial charge on any atom is 0.165 e. The number of halogens is 1. The summed E-state index contributed by atoms with van der Waals surface area (Å²) in [5.74, 6) is 5.18. The monoisotopic (exact) mass is 212 g/mol. The number of allylic oxidation sites excluding steroid dienone is 1. The lowest BCUT2D eigenvalue weighted by molar-refractivity contribution is 0.234. The van der Waals surface area contributed by atoms with Crippen molar-refractivity contribution >= 4 is 0 Å². The molecule has 2 atom stereocenters. The second-order valence-electron chi connectivity index (χ2n) is 4.13. The second-order valence-corrected chi connectivity index (χ2v) is 4.13. The first-order valence-corrected chi connectivity index (χ1v) is 5.52. The van der Waals surface area contributed by atoms with Gasteiger partial charge in [0, 0.05) is 6.42 Å². The molecule has 1 N–H and O–H groups in total. The average Bonchev–Trinajstić information content (AvgIpc) is 2.17. The normalized spacial score (nSPS) is 15.8. The van der Waals surface area contributed by atoms with E-state index in [1.165, 1.54) is 6.08 Å². The first-order chi connectivity index (χ1) is 6.99. The second kappa shape index (κ2) is 7.48. The van der Waals surface area contributed by atoms with Crippen LogP contribution in [0.3, 0.4) is 0 Å². The highest BCUT2D eigenvalue weighted by Crippen LogP contribution is 2.15. The summed E-state index contributed by atoms with van der Waals surface area (Å²) in [6, 6.07) is 0. The zero-order valence-corrected chi connectivity index (χ0v) is 10.0. The lowest BCUT2D eigenvalue weighted by atomic mass is 9.97. The van der Waals surface area contributed by atoms with Crippen LogP contribution >= 0.6 is 0 Å². The fraction of sp³-hybridized carbons (Fsp3) is 0.692. The Hall–Kier alpha value is -0.810. The summed E-state index contributed by atoms with van der Waals surface area (Å²) in [4.78, 5) is 0. The van der Waals surface area contributed by atoms with Gasteiger partial charge in [-0.25, -0.2) is 4.39 Å². The fourth-order valence-corrected chi connectivity index (χ4v) is 0.898. The van der Waals surface area contributed by atoms with E-state index in [9.17, 15) is 9.50 Å². The van der Waals surface area contributed by atoms with E-state index in [1.807, 2.05) is 27.7 Å². The number of hydrogen-bond donors (Lipinski definition) is 1. The van der Waals surface area contributed by atoms with Crippen LogP contribution in [-0.2, 0) is 0 Å². The van der Waals surface area contributed by atoms with E-state index in [1.54, 1.807) is 0 Å². The molecule has 2 heteroatoms. The minimum Gasteiger partial charge on any atom is -0.374 e. The molecule has 15 heavy (non-hydrogen) atoms. The van der Waals surface area contributed by atoms with Crippen molar-refractivity contribution in [2.45, 2.75) is 46.6 Å². The molecule has 0 aromatic carbocycles. The Bertz CT molecular complexity index is 257. The van der Waals surface area contributed by atoms with Gasteiger partial charge in [-0.3, -0.25) is 0 Å². The molecule has 0 aromatic heterocycles. The molecule has 0 aliphatic rings. The number of aliphatic hydroxyl groups is 1. The zero-order valence-electron chi connectivity index (χ0n) is 10.0. The highest BCUT2D eigenvalue weighted by molar-refractivity contribution is 5.17. The van der Waals surface area contributed by atoms with Crippen LogP contribution in [0.15, 0.2) is 11.9 Å². The molecule has 0 saturated carbocycles. The van der Waals surface area contributed by atoms with E-state index in [0.29, 0.717) is 12.3 Å². The predicted molar refractivity (Wildman–Crippen MR) is 61.9 cm³/mol. The van der Waals surface area contributed by atoms with Gasteiger partial charge in [-0.05, 0) is 24.3 Å². The van der Waals surface area contributed by atoms with E-state index in [0.717, 1.165) is 6.42 Å². The smallest absolute Gasteiger partial charge is 0.165 e. The van der Waals surface area contributed by atoms with Crippen LogP contribution in [0.4, 0.5) is 4.39 Å². The zero-order chi connectivity index (χ0) is 11.8. The molecule has 1 nitrogen and oxygen atoms in total. The van der Waals surface area contributed by atoms with Crippen molar-refractivity contribution in [1.82, 2.24) is 0 Å². The Kier molecular flexibility index (Phi) is 7.07. The van der Waals surface area contributed by atoms with Crippen molar-refractivity contribution in [2.24, 2.45) is 11.8 Å². The summed E-state index contributed by atoms with van der Waals surface area (Å²) in [6.45, 7) is 7.96. The lowest BCUT2D eigenvalue weighted by Gasteiger charge is -2.11. The van der Waals surface area contributed by atoms with Crippen molar-refractivity contribution in [3.05, 3.63) is 11.9 Å². The first-order valence-electron chi connectivity index (χ1n) is 5.52. The molecule has 0 spiro atoms. The van der Waals surface area contributed by atoms with Crippen molar-refractivity contribution in [1.29, 1.82) is 0 Å². The molecule has 0 rings (SSSR count). The van der Waals surface area contributed by atoms with Crippen LogP contribution in [0.5, 0.6) is 0 Å². The van der Waals surface area contributed by atoms with Crippen LogP contribution in [-0.4, -0.2) is 11.2 Å². The fourth-order valence-electron chi connectivity index (χ4n) is 0.898. The van der Waals surface area contributed by atoms with Gasteiger partial charge in [0.15, 0.2) is 6.10 Å². The van der Waals surface area contributed by atoms with Gasteiger partial charge in [0.05, 0.1) is 0 Å². The molecule has 0 radical (unpaired) electrons. The summed E-state index contributed by atoms with van der Waals surface area (Å²) < 4.78 is 13.3. The van der Waals surface area contributed by atoms with E-state index in [4.69, 9.17) is 0 Å². The molecule has 86 valence electrons. The third-order valence-electron chi connectivity index (χ3n) is 2.35. The Morgan fingerprint density at radius 3 is 2.47 bits per heavy atom. The van der Waals surface area contributed by atoms with E-state index in [-0.39, 0.29) is 5.92 Å². The van der Waals surface area contributed by atoms with Crippen LogP contribution in [0.2, 0.25) is 0 Å². The van der Waals surface area contributed by atoms with Gasteiger partial charge in [0.25, 0.3) is 0 Å². The summed E-state index contributed by atoms with van der Waals surface area (Å²) in [5, 5.41) is 9.36. The summed E-state index contributed by atoms with van der Waals surface area (Å²) in [7, 11) is 0. The third kappa shape index (κ3) is 6.30. The van der Waals surface area contributed by atoms with Crippen LogP contribution in [0.1, 0.15) is 40.5 Å². The van der Waals surface area contributed by atoms with Gasteiger partial charge < -0.3 is 5.11 Å². The van der Waals surface area contributed by atoms with Gasteiger partial charge in [0.2, 0.25) is 0 Å². The SMILES string of the molecule is CCCC#CC(O)/C(F)=C\[C@H](C)C(C)C. The van der Waals surface area contributed by atoms with Crippen molar-refractivity contribution in [3.63, 3.8) is 0 Å². The Morgan fingerprint density at radius 1 is 1.40 bits per heavy atom. The topological polar surface area (TPSA) is 20.2 Å². The minimum atomic E-state index is -1.25. The largest absolute Gasteiger partial charge is 0.374 e. The molecule has 0 aromatic rings. The maximum atomic E-state index is 13.3. The maximum absolute atomic E-state index is 13.3. The molecule has 0 saturated heterocycles. The summed E-state index contributed by atoms with van der Waals surface area (Å²) >= 11 is 0. The highest BCUT2D eigenvalue weighted by Gasteiger charge is 2.10. The van der Waals surface area contributed by atoms with Crippen molar-refractivity contribution < 1.29 is 9.50 Å². The third-order valence-corrected chi connectivity index (χ3v) is 2.35. The summed E-state index contributed by atoms with van der Waals surface area (Å²) in [5.41, 5.74) is 0. The van der Waals surface area contributed by atoms with Crippen molar-refractivity contribution in [3.8, 4) is 11.8 Å². The molecule has 1 unspecified atom stereocenters. The molecule has 0 aliphatic carbocycles. The molecule has 0 bridgehead atoms. The quantitative estimate of drug-likeness (QED) is 0.709. The molecule has 0 aliphatic heterocycles. The molecule has 0 fully saturated rings. The van der Waals surface area contributed by atoms with Gasteiger partial charge in [-0.2, -0.15) is 0 Å². The highest BCUT2D eigenvalue weighted by atomic mass is 19.1. The number of aliphatic hydroxyl groups excluding tert-OH is 1. The first kappa shape index (κ1) is 14.2. The van der Waals surface area contributed by atoms with E-state index >= 15 is 0 Å². The predicted octanol–water partition coefficient (Wildman–Crippen LogP) is 3.30. The number of unbranched alkanes of at least 4 members (excludes halogenated alkanes) is 1. The molecular formula is C13H21FO. The van der Waals surface area contributed by atoms with Crippen LogP contribution in [0.25, 0.3) is 0 Å². The van der Waals surface area contributed by atoms with E-state index < -0.39 is 11.9 Å². The average molecular weight is 212 g/mol. The summed E-state index contributed by atoms with van der Waals surface area (Å²) in [6.07, 6.45) is 1.82. The van der Waals surface area contributed by atoms with Crippen molar-refractivity contribution in [2.75, 3.05) is 0 Å². The lowest BCUT2D eigenvalue weighted by Crippen LogP contribution is -2.07. The Morgan fingerprint density at radius 2 is 2.00 bits per heavy atom. The standard InChI is InChI=1S/C13H21FO/c1-5-6-7-8-13(15)12(14)9-11(4)10(2)3/h9-11,13,15H,5-6H2,1-4H3/b12-9+/t11-,13?/m0/s1. The molecule has 0 amide bonds. The van der Waals surface area contributed by atoms with E-state index in [2.05, 4.69) is 11.8 Å². The minimum absolute atomic E-state index is 0.118. The van der Waals surface area contributed by atoms with Gasteiger partial charge in [0.1, 0.15) is 5.83 Å². The molecule has 0 heterocycles. The Balaban J connectivity index is 4.32. The van der Waals surface area contributed by atoms with Gasteiger partial charge in [-0.1, -0.05) is 33.6 Å². The number of rotatable bonds is 4. The van der Waals surface area contributed by atoms with Crippen LogP contribution < -0.4 is 0 Å². The van der Waals surface area contributed by atoms with Crippen LogP contribution in [0, 0.1) is 23.7 Å². The van der Waals surface area contributed by atoms with Gasteiger partial charge in [-0.15, -0.1) is 5.92 Å². The number of hydrogen-bond acceptors (Lipinski definition) is 1. The Labute approximate surface area is 92.4 Å².